The first kappa shape index (κ1) is 65.9. The lowest BCUT2D eigenvalue weighted by molar-refractivity contribution is -0.386. The highest BCUT2D eigenvalue weighted by atomic mass is 16.6. The third-order valence-electron chi connectivity index (χ3n) is 17.5. The molecule has 4 unspecified atom stereocenters. The van der Waals surface area contributed by atoms with Gasteiger partial charge in [0, 0.05) is 56.5 Å². The van der Waals surface area contributed by atoms with E-state index in [0.29, 0.717) is 68.9 Å². The number of nitrogens with zero attached hydrogens (tertiary/aromatic N) is 4. The minimum Gasteiger partial charge on any atom is -0.490 e. The van der Waals surface area contributed by atoms with Gasteiger partial charge in [-0.2, -0.15) is 0 Å². The van der Waals surface area contributed by atoms with Crippen molar-refractivity contribution in [1.82, 2.24) is 19.9 Å². The highest BCUT2D eigenvalue weighted by Gasteiger charge is 2.26. The van der Waals surface area contributed by atoms with Crippen LogP contribution in [0.5, 0.6) is 23.0 Å². The number of benzene rings is 4. The summed E-state index contributed by atoms with van der Waals surface area (Å²) in [6.07, 6.45) is 27.5. The molecular formula is C76H92N6O8. The summed E-state index contributed by atoms with van der Waals surface area (Å²) in [5, 5.41) is 26.4. The smallest absolute Gasteiger partial charge is 0.311 e. The molecule has 9 rings (SSSR count). The number of nitrogens with one attached hydrogen (secondary N) is 2. The molecule has 474 valence electrons. The Hall–Kier alpha value is -8.52. The molecule has 0 saturated carbocycles. The number of nitro benzene ring substituents is 2. The molecule has 2 N–H and O–H groups in total. The summed E-state index contributed by atoms with van der Waals surface area (Å²) in [6.45, 7) is 17.2. The lowest BCUT2D eigenvalue weighted by Crippen LogP contribution is -2.16. The zero-order chi connectivity index (χ0) is 63.5. The molecule has 90 heavy (non-hydrogen) atoms. The molecule has 0 fully saturated rings. The second-order valence-electron chi connectivity index (χ2n) is 24.0. The standard InChI is InChI=1S/C76H92N6O8/c1-9-17-21-25-55(13-5)87-59-35-29-51(30-36-59)73-61-39-40-62(77-61)74(52-31-37-60(38-32-52)88-56(14-6)26-22-18-10-2)64-42-44-66(79-64)76(54-34-48-72(70(50-54)82(85)86)90-58(16-8)28-24-20-12-4)68-46-45-67(80-68)75(65-43-41-63(73)78-65)53-33-47-71(69(49-53)81(83)84)89-57(15-7)27-23-19-11-3/h29-50,55-58,78-79H,9-28H2,1-8H3. The van der Waals surface area contributed by atoms with Gasteiger partial charge in [0.25, 0.3) is 0 Å². The molecule has 3 aromatic heterocycles. The molecule has 8 bridgehead atoms. The lowest BCUT2D eigenvalue weighted by atomic mass is 10.0. The van der Waals surface area contributed by atoms with Crippen LogP contribution in [-0.2, 0) is 0 Å². The Balaban J connectivity index is 1.32. The fraction of sp³-hybridized carbons (Fsp3) is 0.421. The van der Waals surface area contributed by atoms with Crippen LogP contribution in [-0.4, -0.2) is 54.2 Å². The van der Waals surface area contributed by atoms with E-state index in [0.717, 1.165) is 148 Å². The minimum atomic E-state index is -0.378. The summed E-state index contributed by atoms with van der Waals surface area (Å²) in [6, 6.07) is 34.8. The van der Waals surface area contributed by atoms with Crippen molar-refractivity contribution in [3.05, 3.63) is 152 Å². The quantitative estimate of drug-likeness (QED) is 0.0224. The van der Waals surface area contributed by atoms with Crippen molar-refractivity contribution >= 4 is 57.7 Å². The van der Waals surface area contributed by atoms with E-state index in [1.54, 1.807) is 24.3 Å². The van der Waals surface area contributed by atoms with Crippen LogP contribution < -0.4 is 18.9 Å². The van der Waals surface area contributed by atoms with Crippen molar-refractivity contribution in [2.45, 2.75) is 208 Å². The normalized spacial score (nSPS) is 13.2. The number of nitro groups is 2. The fourth-order valence-corrected chi connectivity index (χ4v) is 12.3. The highest BCUT2D eigenvalue weighted by Crippen LogP contribution is 2.43. The Morgan fingerprint density at radius 3 is 0.922 bits per heavy atom. The maximum Gasteiger partial charge on any atom is 0.311 e. The first-order valence-corrected chi connectivity index (χ1v) is 33.5. The molecule has 2 aliphatic rings. The van der Waals surface area contributed by atoms with Crippen molar-refractivity contribution in [3.8, 4) is 67.5 Å². The largest absolute Gasteiger partial charge is 0.490 e. The summed E-state index contributed by atoms with van der Waals surface area (Å²) < 4.78 is 26.1. The summed E-state index contributed by atoms with van der Waals surface area (Å²) >= 11 is 0. The zero-order valence-electron chi connectivity index (χ0n) is 54.2. The van der Waals surface area contributed by atoms with Gasteiger partial charge in [-0.25, -0.2) is 9.97 Å². The van der Waals surface area contributed by atoms with Crippen molar-refractivity contribution in [1.29, 1.82) is 0 Å². The Morgan fingerprint density at radius 2 is 0.644 bits per heavy atom. The SMILES string of the molecule is CCCCCC(CC)Oc1ccc(-c2c3nc(c(-c4ccc(OC(CC)CCCCC)cc4)c4ccc([nH]4)c(-c4ccc(OC(CC)CCCCC)c([N+](=O)[O-])c4)c4nc(c(-c5ccc(OC(CC)CCCCC)c([N+](=O)[O-])c5)c5ccc2[nH]5)C=C4)C=C3)cc1. The number of hydrogen-bond donors (Lipinski definition) is 2. The average Bonchev–Trinajstić information content (AvgIpc) is 1.63. The predicted molar refractivity (Wildman–Crippen MR) is 369 cm³/mol. The number of hydrogen-bond acceptors (Lipinski definition) is 10. The van der Waals surface area contributed by atoms with Crippen molar-refractivity contribution in [2.75, 3.05) is 0 Å². The van der Waals surface area contributed by atoms with Gasteiger partial charge in [0.2, 0.25) is 0 Å². The molecule has 0 amide bonds. The maximum atomic E-state index is 13.2. The molecule has 0 radical (unpaired) electrons. The Labute approximate surface area is 531 Å². The van der Waals surface area contributed by atoms with E-state index in [1.165, 1.54) is 12.8 Å². The van der Waals surface area contributed by atoms with Gasteiger partial charge >= 0.3 is 11.4 Å². The van der Waals surface area contributed by atoms with E-state index in [1.807, 2.05) is 98.8 Å². The number of unbranched alkanes of at least 4 members (excludes halogenated alkanes) is 8. The van der Waals surface area contributed by atoms with Gasteiger partial charge in [-0.15, -0.1) is 0 Å². The number of fused-ring (bicyclic) bond motifs is 8. The Morgan fingerprint density at radius 1 is 0.367 bits per heavy atom. The summed E-state index contributed by atoms with van der Waals surface area (Å²) in [7, 11) is 0. The molecule has 4 aromatic carbocycles. The van der Waals surface area contributed by atoms with Gasteiger partial charge in [-0.1, -0.05) is 143 Å². The Kier molecular flexibility index (Phi) is 23.6. The number of aromatic nitrogens is 4. The third-order valence-corrected chi connectivity index (χ3v) is 17.5. The van der Waals surface area contributed by atoms with Crippen LogP contribution in [0.15, 0.2) is 109 Å². The fourth-order valence-electron chi connectivity index (χ4n) is 12.3. The molecule has 0 saturated heterocycles. The van der Waals surface area contributed by atoms with Gasteiger partial charge < -0.3 is 28.9 Å². The molecule has 4 atom stereocenters. The molecule has 0 aliphatic carbocycles. The Bertz CT molecular complexity index is 3550. The second kappa shape index (κ2) is 32.3. The number of ether oxygens (including phenoxy) is 4. The van der Waals surface area contributed by atoms with Crippen LogP contribution in [0.1, 0.15) is 207 Å². The van der Waals surface area contributed by atoms with Gasteiger partial charge in [0.05, 0.1) is 57.0 Å². The summed E-state index contributed by atoms with van der Waals surface area (Å²) in [5.41, 5.74) is 10.7. The van der Waals surface area contributed by atoms with Crippen molar-refractivity contribution < 1.29 is 28.8 Å². The molecule has 14 heteroatoms. The topological polar surface area (TPSA) is 181 Å². The molecule has 5 heterocycles. The van der Waals surface area contributed by atoms with Crippen LogP contribution in [0.2, 0.25) is 0 Å². The van der Waals surface area contributed by atoms with Crippen LogP contribution in [0.25, 0.3) is 90.9 Å². The van der Waals surface area contributed by atoms with Crippen LogP contribution in [0.4, 0.5) is 11.4 Å². The summed E-state index contributed by atoms with van der Waals surface area (Å²) in [5.74, 6) is 2.00. The van der Waals surface area contributed by atoms with E-state index in [2.05, 4.69) is 75.8 Å². The third kappa shape index (κ3) is 16.3. The number of rotatable bonds is 34. The maximum absolute atomic E-state index is 13.2. The molecular weight excluding hydrogens is 1120 g/mol. The zero-order valence-corrected chi connectivity index (χ0v) is 54.2. The summed E-state index contributed by atoms with van der Waals surface area (Å²) in [4.78, 5) is 44.2. The van der Waals surface area contributed by atoms with E-state index in [-0.39, 0.29) is 57.1 Å². The molecule has 14 nitrogen and oxygen atoms in total. The molecule has 2 aliphatic heterocycles. The first-order chi connectivity index (χ1) is 43.9. The van der Waals surface area contributed by atoms with E-state index >= 15 is 0 Å². The average molecular weight is 1220 g/mol. The van der Waals surface area contributed by atoms with Gasteiger partial charge in [-0.05, 0) is 184 Å². The highest BCUT2D eigenvalue weighted by molar-refractivity contribution is 6.00. The van der Waals surface area contributed by atoms with Crippen LogP contribution >= 0.6 is 0 Å². The van der Waals surface area contributed by atoms with Crippen LogP contribution in [0.3, 0.4) is 0 Å². The lowest BCUT2D eigenvalue weighted by Gasteiger charge is -2.18. The van der Waals surface area contributed by atoms with Gasteiger partial charge in [0.15, 0.2) is 11.5 Å². The monoisotopic (exact) mass is 1220 g/mol. The van der Waals surface area contributed by atoms with Gasteiger partial charge in [0.1, 0.15) is 11.5 Å². The molecule has 0 spiro atoms. The second-order valence-corrected chi connectivity index (χ2v) is 24.0. The molecule has 7 aromatic rings. The predicted octanol–water partition coefficient (Wildman–Crippen LogP) is 22.1. The van der Waals surface area contributed by atoms with Crippen LogP contribution in [0, 0.1) is 20.2 Å². The van der Waals surface area contributed by atoms with E-state index in [4.69, 9.17) is 28.9 Å². The first-order valence-electron chi connectivity index (χ1n) is 33.5. The van der Waals surface area contributed by atoms with Crippen molar-refractivity contribution in [2.24, 2.45) is 0 Å². The number of H-pyrrole nitrogens is 2. The minimum absolute atomic E-state index is 0.102. The number of aromatic amines is 2. The van der Waals surface area contributed by atoms with Gasteiger partial charge in [-0.3, -0.25) is 20.2 Å². The van der Waals surface area contributed by atoms with Crippen molar-refractivity contribution in [3.63, 3.8) is 0 Å². The van der Waals surface area contributed by atoms with E-state index < -0.39 is 0 Å². The van der Waals surface area contributed by atoms with E-state index in [9.17, 15) is 20.2 Å².